The molecule has 3 aliphatic heterocycles. The lowest BCUT2D eigenvalue weighted by Gasteiger charge is -2.29. The lowest BCUT2D eigenvalue weighted by Crippen LogP contribution is -2.53. The Balaban J connectivity index is 1.58. The number of methoxy groups -OCH3 is 1. The molecule has 4 atom stereocenters. The number of carbonyl (C=O) groups is 3. The summed E-state index contributed by atoms with van der Waals surface area (Å²) >= 11 is 6.35. The van der Waals surface area contributed by atoms with Gasteiger partial charge in [-0.25, -0.2) is 0 Å². The maximum atomic E-state index is 13.6. The molecule has 2 unspecified atom stereocenters. The van der Waals surface area contributed by atoms with Crippen LogP contribution in [0.3, 0.4) is 0 Å². The Bertz CT molecular complexity index is 1200. The number of amides is 3. The van der Waals surface area contributed by atoms with Gasteiger partial charge in [-0.05, 0) is 36.6 Å². The molecule has 2 saturated heterocycles. The van der Waals surface area contributed by atoms with E-state index < -0.39 is 35.2 Å². The number of ether oxygens (including phenoxy) is 1. The SMILES string of the molecule is COCCCN1C(=O)[C@@H]2C(Cc3ccc(O)c(O)c3)NC3(C(=O)Nc4c(Cl)cccc43)[C@@H]2C1=O. The summed E-state index contributed by atoms with van der Waals surface area (Å²) in [4.78, 5) is 41.8. The van der Waals surface area contributed by atoms with Gasteiger partial charge in [0, 0.05) is 31.9 Å². The summed E-state index contributed by atoms with van der Waals surface area (Å²) in [5, 5.41) is 26.1. The molecule has 0 bridgehead atoms. The number of para-hydroxylation sites is 1. The van der Waals surface area contributed by atoms with Crippen molar-refractivity contribution in [3.8, 4) is 11.5 Å². The Morgan fingerprint density at radius 3 is 2.65 bits per heavy atom. The first-order valence-electron chi connectivity index (χ1n) is 11.0. The molecule has 0 radical (unpaired) electrons. The molecule has 2 aromatic carbocycles. The molecule has 34 heavy (non-hydrogen) atoms. The van der Waals surface area contributed by atoms with Crippen molar-refractivity contribution in [3.63, 3.8) is 0 Å². The minimum absolute atomic E-state index is 0.200. The number of anilines is 1. The van der Waals surface area contributed by atoms with E-state index in [4.69, 9.17) is 16.3 Å². The van der Waals surface area contributed by atoms with Crippen LogP contribution in [0, 0.1) is 11.8 Å². The van der Waals surface area contributed by atoms with Gasteiger partial charge in [0.2, 0.25) is 17.7 Å². The highest BCUT2D eigenvalue weighted by Gasteiger charge is 2.70. The second-order valence-corrected chi connectivity index (χ2v) is 9.29. The number of aromatic hydroxyl groups is 2. The molecular weight excluding hydrogens is 462 g/mol. The molecule has 10 heteroatoms. The van der Waals surface area contributed by atoms with E-state index in [2.05, 4.69) is 10.6 Å². The molecule has 178 valence electrons. The summed E-state index contributed by atoms with van der Waals surface area (Å²) in [5.74, 6) is -3.45. The Kier molecular flexibility index (Phi) is 5.50. The second-order valence-electron chi connectivity index (χ2n) is 8.88. The van der Waals surface area contributed by atoms with Crippen LogP contribution in [-0.4, -0.2) is 59.1 Å². The van der Waals surface area contributed by atoms with Crippen LogP contribution in [0.5, 0.6) is 11.5 Å². The standard InChI is InChI=1S/C24H24ClN3O6/c1-34-9-3-8-28-21(31)18-15(10-12-6-7-16(29)17(30)11-12)27-24(19(18)22(28)32)13-4-2-5-14(25)20(13)26-23(24)33/h2,4-7,11,15,18-19,27,29-30H,3,8-10H2,1H3,(H,26,33)/t15?,18-,19+,24?/m1/s1. The van der Waals surface area contributed by atoms with Gasteiger partial charge < -0.3 is 20.3 Å². The lowest BCUT2D eigenvalue weighted by atomic mass is 9.76. The van der Waals surface area contributed by atoms with Crippen molar-refractivity contribution < 1.29 is 29.3 Å². The van der Waals surface area contributed by atoms with Crippen LogP contribution in [0.15, 0.2) is 36.4 Å². The highest BCUT2D eigenvalue weighted by Crippen LogP contribution is 2.54. The zero-order valence-corrected chi connectivity index (χ0v) is 19.1. The Hall–Kier alpha value is -3.14. The van der Waals surface area contributed by atoms with Crippen LogP contribution in [0.2, 0.25) is 5.02 Å². The summed E-state index contributed by atoms with van der Waals surface area (Å²) in [5.41, 5.74) is 0.167. The molecule has 3 heterocycles. The fourth-order valence-corrected chi connectivity index (χ4v) is 5.79. The number of rotatable bonds is 6. The van der Waals surface area contributed by atoms with Gasteiger partial charge in [0.05, 0.1) is 22.5 Å². The summed E-state index contributed by atoms with van der Waals surface area (Å²) in [7, 11) is 1.55. The lowest BCUT2D eigenvalue weighted by molar-refractivity contribution is -0.143. The number of imide groups is 1. The van der Waals surface area contributed by atoms with Gasteiger partial charge in [-0.1, -0.05) is 29.8 Å². The fraction of sp³-hybridized carbons (Fsp3) is 0.375. The molecule has 4 N–H and O–H groups in total. The molecule has 0 aliphatic carbocycles. The average molecular weight is 486 g/mol. The number of phenols is 2. The molecule has 2 aromatic rings. The number of fused-ring (bicyclic) bond motifs is 4. The predicted octanol–water partition coefficient (Wildman–Crippen LogP) is 1.75. The van der Waals surface area contributed by atoms with Gasteiger partial charge in [-0.15, -0.1) is 0 Å². The summed E-state index contributed by atoms with van der Waals surface area (Å²) < 4.78 is 5.07. The summed E-state index contributed by atoms with van der Waals surface area (Å²) in [6, 6.07) is 8.94. The van der Waals surface area contributed by atoms with Gasteiger partial charge in [0.15, 0.2) is 11.5 Å². The zero-order chi connectivity index (χ0) is 24.2. The fourth-order valence-electron chi connectivity index (χ4n) is 5.57. The zero-order valence-electron chi connectivity index (χ0n) is 18.4. The van der Waals surface area contributed by atoms with E-state index in [9.17, 15) is 24.6 Å². The monoisotopic (exact) mass is 485 g/mol. The highest BCUT2D eigenvalue weighted by molar-refractivity contribution is 6.35. The van der Waals surface area contributed by atoms with E-state index in [1.165, 1.54) is 17.0 Å². The van der Waals surface area contributed by atoms with Gasteiger partial charge in [0.25, 0.3) is 0 Å². The number of halogens is 1. The third-order valence-electron chi connectivity index (χ3n) is 7.02. The average Bonchev–Trinajstić information content (AvgIpc) is 3.38. The van der Waals surface area contributed by atoms with E-state index in [1.807, 2.05) is 0 Å². The third-order valence-corrected chi connectivity index (χ3v) is 7.33. The molecule has 0 saturated carbocycles. The van der Waals surface area contributed by atoms with Crippen molar-refractivity contribution in [1.82, 2.24) is 10.2 Å². The van der Waals surface area contributed by atoms with Crippen molar-refractivity contribution in [1.29, 1.82) is 0 Å². The topological polar surface area (TPSA) is 128 Å². The van der Waals surface area contributed by atoms with Gasteiger partial charge in [-0.3, -0.25) is 24.6 Å². The van der Waals surface area contributed by atoms with Crippen LogP contribution in [-0.2, 0) is 31.1 Å². The van der Waals surface area contributed by atoms with E-state index in [1.54, 1.807) is 31.4 Å². The molecule has 1 spiro atoms. The van der Waals surface area contributed by atoms with Crippen molar-refractivity contribution >= 4 is 35.0 Å². The van der Waals surface area contributed by atoms with Crippen LogP contribution in [0.4, 0.5) is 5.69 Å². The molecule has 3 aliphatic rings. The molecule has 5 rings (SSSR count). The molecule has 9 nitrogen and oxygen atoms in total. The number of likely N-dealkylation sites (tertiary alicyclic amines) is 1. The number of benzene rings is 2. The van der Waals surface area contributed by atoms with E-state index in [-0.39, 0.29) is 30.4 Å². The quantitative estimate of drug-likeness (QED) is 0.279. The van der Waals surface area contributed by atoms with Crippen LogP contribution in [0.25, 0.3) is 0 Å². The minimum Gasteiger partial charge on any atom is -0.504 e. The van der Waals surface area contributed by atoms with Gasteiger partial charge in [-0.2, -0.15) is 0 Å². The first kappa shape index (κ1) is 22.6. The van der Waals surface area contributed by atoms with Gasteiger partial charge >= 0.3 is 0 Å². The number of nitrogens with zero attached hydrogens (tertiary/aromatic N) is 1. The van der Waals surface area contributed by atoms with Crippen molar-refractivity contribution in [2.24, 2.45) is 11.8 Å². The van der Waals surface area contributed by atoms with E-state index in [0.717, 1.165) is 0 Å². The van der Waals surface area contributed by atoms with Crippen molar-refractivity contribution in [2.75, 3.05) is 25.6 Å². The number of carbonyl (C=O) groups excluding carboxylic acids is 3. The Morgan fingerprint density at radius 2 is 1.91 bits per heavy atom. The van der Waals surface area contributed by atoms with Crippen LogP contribution >= 0.6 is 11.6 Å². The van der Waals surface area contributed by atoms with Gasteiger partial charge in [0.1, 0.15) is 5.54 Å². The molecule has 3 amide bonds. The Labute approximate surface area is 200 Å². The summed E-state index contributed by atoms with van der Waals surface area (Å²) in [6.45, 7) is 0.594. The number of hydrogen-bond donors (Lipinski definition) is 4. The minimum atomic E-state index is -1.45. The smallest absolute Gasteiger partial charge is 0.250 e. The molecular formula is C24H24ClN3O6. The normalized spacial score (nSPS) is 27.4. The first-order valence-corrected chi connectivity index (χ1v) is 11.4. The van der Waals surface area contributed by atoms with E-state index in [0.29, 0.717) is 34.9 Å². The maximum absolute atomic E-state index is 13.6. The largest absolute Gasteiger partial charge is 0.504 e. The predicted molar refractivity (Wildman–Crippen MR) is 122 cm³/mol. The first-order chi connectivity index (χ1) is 16.3. The number of phenolic OH excluding ortho intramolecular Hbond substituents is 2. The van der Waals surface area contributed by atoms with Crippen LogP contribution in [0.1, 0.15) is 17.5 Å². The Morgan fingerprint density at radius 1 is 1.12 bits per heavy atom. The third kappa shape index (κ3) is 3.19. The molecule has 2 fully saturated rings. The highest BCUT2D eigenvalue weighted by atomic mass is 35.5. The van der Waals surface area contributed by atoms with E-state index >= 15 is 0 Å². The number of hydrogen-bond acceptors (Lipinski definition) is 7. The summed E-state index contributed by atoms with van der Waals surface area (Å²) in [6.07, 6.45) is 0.740. The van der Waals surface area contributed by atoms with Crippen molar-refractivity contribution in [2.45, 2.75) is 24.4 Å². The molecule has 0 aromatic heterocycles. The second kappa shape index (κ2) is 8.26. The maximum Gasteiger partial charge on any atom is 0.250 e. The number of nitrogens with one attached hydrogen (secondary N) is 2. The van der Waals surface area contributed by atoms with Crippen molar-refractivity contribution in [3.05, 3.63) is 52.5 Å². The van der Waals surface area contributed by atoms with Crippen LogP contribution < -0.4 is 10.6 Å².